The quantitative estimate of drug-likeness (QED) is 0.838. The first-order valence-corrected chi connectivity index (χ1v) is 9.07. The summed E-state index contributed by atoms with van der Waals surface area (Å²) in [5.74, 6) is 2.28. The summed E-state index contributed by atoms with van der Waals surface area (Å²) < 4.78 is 5.99. The van der Waals surface area contributed by atoms with Crippen LogP contribution in [0, 0.1) is 5.41 Å². The van der Waals surface area contributed by atoms with E-state index in [1.54, 1.807) is 0 Å². The second-order valence-electron chi connectivity index (χ2n) is 6.70. The van der Waals surface area contributed by atoms with Crippen molar-refractivity contribution in [3.8, 4) is 0 Å². The third kappa shape index (κ3) is 3.25. The highest BCUT2D eigenvalue weighted by Crippen LogP contribution is 2.47. The van der Waals surface area contributed by atoms with E-state index in [4.69, 9.17) is 4.74 Å². The van der Waals surface area contributed by atoms with E-state index in [9.17, 15) is 4.79 Å². The lowest BCUT2D eigenvalue weighted by molar-refractivity contribution is -0.0684. The Hall–Kier alpha value is -0.420. The minimum atomic E-state index is 0.0115. The van der Waals surface area contributed by atoms with E-state index in [-0.39, 0.29) is 17.7 Å². The van der Waals surface area contributed by atoms with Gasteiger partial charge in [-0.3, -0.25) is 0 Å². The van der Waals surface area contributed by atoms with Crippen molar-refractivity contribution in [1.82, 2.24) is 10.6 Å². The molecule has 1 spiro atoms. The first-order chi connectivity index (χ1) is 9.65. The molecule has 2 amide bonds. The van der Waals surface area contributed by atoms with E-state index in [0.29, 0.717) is 5.41 Å². The lowest BCUT2D eigenvalue weighted by Crippen LogP contribution is -2.51. The van der Waals surface area contributed by atoms with E-state index >= 15 is 0 Å². The second-order valence-corrected chi connectivity index (χ2v) is 7.81. The number of nitrogens with one attached hydrogen (secondary N) is 2. The number of ether oxygens (including phenoxy) is 1. The molecule has 2 saturated heterocycles. The number of carbonyl (C=O) groups excluding carboxylic acids is 1. The third-order valence-electron chi connectivity index (χ3n) is 5.23. The molecular formula is C15H26N2O2S. The summed E-state index contributed by atoms with van der Waals surface area (Å²) in [7, 11) is 0. The number of hydrogen-bond donors (Lipinski definition) is 2. The smallest absolute Gasteiger partial charge is 0.315 e. The zero-order valence-corrected chi connectivity index (χ0v) is 13.2. The molecule has 5 heteroatoms. The van der Waals surface area contributed by atoms with Crippen LogP contribution in [0.25, 0.3) is 0 Å². The molecule has 3 rings (SSSR count). The summed E-state index contributed by atoms with van der Waals surface area (Å²) in [6, 6.07) is 0.289. The van der Waals surface area contributed by atoms with Gasteiger partial charge < -0.3 is 15.4 Å². The highest BCUT2D eigenvalue weighted by molar-refractivity contribution is 7.99. The number of hydrogen-bond acceptors (Lipinski definition) is 3. The molecule has 114 valence electrons. The van der Waals surface area contributed by atoms with Crippen molar-refractivity contribution in [3.05, 3.63) is 0 Å². The fourth-order valence-corrected chi connectivity index (χ4v) is 4.73. The molecule has 2 heterocycles. The van der Waals surface area contributed by atoms with E-state index < -0.39 is 0 Å². The largest absolute Gasteiger partial charge is 0.374 e. The Labute approximate surface area is 125 Å². The average Bonchev–Trinajstić information content (AvgIpc) is 3.11. The summed E-state index contributed by atoms with van der Waals surface area (Å²) in [6.45, 7) is 3.83. The first kappa shape index (κ1) is 14.5. The molecule has 1 saturated carbocycles. The number of amides is 2. The van der Waals surface area contributed by atoms with Crippen molar-refractivity contribution in [2.45, 2.75) is 57.1 Å². The highest BCUT2D eigenvalue weighted by Gasteiger charge is 2.42. The maximum absolute atomic E-state index is 12.0. The van der Waals surface area contributed by atoms with Crippen molar-refractivity contribution in [1.29, 1.82) is 0 Å². The number of urea groups is 1. The number of thioether (sulfide) groups is 1. The van der Waals surface area contributed by atoms with E-state index in [0.717, 1.165) is 38.2 Å². The van der Waals surface area contributed by atoms with Crippen molar-refractivity contribution < 1.29 is 9.53 Å². The van der Waals surface area contributed by atoms with E-state index in [1.165, 1.54) is 25.0 Å². The summed E-state index contributed by atoms with van der Waals surface area (Å²) in [5, 5.41) is 6.22. The van der Waals surface area contributed by atoms with Crippen molar-refractivity contribution in [2.24, 2.45) is 5.41 Å². The van der Waals surface area contributed by atoms with Gasteiger partial charge in [0, 0.05) is 24.9 Å². The fraction of sp³-hybridized carbons (Fsp3) is 0.933. The lowest BCUT2D eigenvalue weighted by atomic mass is 9.90. The van der Waals surface area contributed by atoms with Crippen molar-refractivity contribution in [3.63, 3.8) is 0 Å². The topological polar surface area (TPSA) is 50.4 Å². The normalized spacial score (nSPS) is 35.0. The van der Waals surface area contributed by atoms with Crippen LogP contribution >= 0.6 is 11.8 Å². The van der Waals surface area contributed by atoms with Gasteiger partial charge in [0.05, 0.1) is 5.60 Å². The van der Waals surface area contributed by atoms with Crippen LogP contribution in [-0.4, -0.2) is 42.3 Å². The van der Waals surface area contributed by atoms with Crippen LogP contribution < -0.4 is 10.6 Å². The molecule has 0 aromatic carbocycles. The van der Waals surface area contributed by atoms with Gasteiger partial charge in [0.25, 0.3) is 0 Å². The molecule has 2 N–H and O–H groups in total. The maximum atomic E-state index is 12.0. The van der Waals surface area contributed by atoms with E-state index in [2.05, 4.69) is 17.6 Å². The summed E-state index contributed by atoms with van der Waals surface area (Å²) in [6.07, 6.45) is 6.76. The predicted molar refractivity (Wildman–Crippen MR) is 82.1 cm³/mol. The van der Waals surface area contributed by atoms with Gasteiger partial charge in [0.1, 0.15) is 0 Å². The molecule has 0 aromatic heterocycles. The van der Waals surface area contributed by atoms with Crippen LogP contribution in [0.5, 0.6) is 0 Å². The molecule has 0 radical (unpaired) electrons. The molecule has 3 aliphatic rings. The van der Waals surface area contributed by atoms with Crippen LogP contribution in [0.2, 0.25) is 0 Å². The van der Waals surface area contributed by atoms with Crippen molar-refractivity contribution in [2.75, 3.05) is 24.7 Å². The van der Waals surface area contributed by atoms with Gasteiger partial charge >= 0.3 is 6.03 Å². The number of carbonyl (C=O) groups is 1. The Bertz CT molecular complexity index is 365. The molecule has 0 aromatic rings. The molecule has 4 nitrogen and oxygen atoms in total. The second kappa shape index (κ2) is 5.76. The van der Waals surface area contributed by atoms with E-state index in [1.807, 2.05) is 11.8 Å². The van der Waals surface area contributed by atoms with Gasteiger partial charge in [0.15, 0.2) is 0 Å². The van der Waals surface area contributed by atoms with Crippen LogP contribution in [0.1, 0.15) is 45.4 Å². The SMILES string of the molecule is CCC1(CNC(=O)NC2CCOC3(CCSC3)C2)CC1. The van der Waals surface area contributed by atoms with Gasteiger partial charge in [0.2, 0.25) is 0 Å². The van der Waals surface area contributed by atoms with Gasteiger partial charge in [-0.2, -0.15) is 11.8 Å². The first-order valence-electron chi connectivity index (χ1n) is 7.91. The summed E-state index contributed by atoms with van der Waals surface area (Å²) >= 11 is 1.97. The van der Waals surface area contributed by atoms with Crippen LogP contribution in [-0.2, 0) is 4.74 Å². The highest BCUT2D eigenvalue weighted by atomic mass is 32.2. The molecule has 2 aliphatic heterocycles. The Morgan fingerprint density at radius 2 is 2.25 bits per heavy atom. The number of rotatable bonds is 4. The predicted octanol–water partition coefficient (Wildman–Crippen LogP) is 2.53. The van der Waals surface area contributed by atoms with Gasteiger partial charge in [-0.05, 0) is 49.7 Å². The van der Waals surface area contributed by atoms with Crippen molar-refractivity contribution >= 4 is 17.8 Å². The van der Waals surface area contributed by atoms with Gasteiger partial charge in [-0.15, -0.1) is 0 Å². The van der Waals surface area contributed by atoms with Gasteiger partial charge in [-0.25, -0.2) is 4.79 Å². The Kier molecular flexibility index (Phi) is 4.18. The standard InChI is InChI=1S/C15H26N2O2S/c1-2-14(4-5-14)10-16-13(18)17-12-3-7-19-15(9-12)6-8-20-11-15/h12H,2-11H2,1H3,(H2,16,17,18). The summed E-state index contributed by atoms with van der Waals surface area (Å²) in [5.41, 5.74) is 0.457. The molecular weight excluding hydrogens is 272 g/mol. The fourth-order valence-electron chi connectivity index (χ4n) is 3.35. The Morgan fingerprint density at radius 1 is 1.40 bits per heavy atom. The summed E-state index contributed by atoms with van der Waals surface area (Å²) in [4.78, 5) is 12.0. The minimum absolute atomic E-state index is 0.0115. The monoisotopic (exact) mass is 298 g/mol. The van der Waals surface area contributed by atoms with Crippen LogP contribution in [0.4, 0.5) is 4.79 Å². The molecule has 1 aliphatic carbocycles. The molecule has 0 bridgehead atoms. The zero-order valence-electron chi connectivity index (χ0n) is 12.4. The van der Waals surface area contributed by atoms with Crippen LogP contribution in [0.3, 0.4) is 0 Å². The minimum Gasteiger partial charge on any atom is -0.374 e. The molecule has 20 heavy (non-hydrogen) atoms. The molecule has 2 atom stereocenters. The third-order valence-corrected chi connectivity index (χ3v) is 6.45. The zero-order chi connectivity index (χ0) is 14.1. The Morgan fingerprint density at radius 3 is 2.90 bits per heavy atom. The average molecular weight is 298 g/mol. The maximum Gasteiger partial charge on any atom is 0.315 e. The van der Waals surface area contributed by atoms with Crippen LogP contribution in [0.15, 0.2) is 0 Å². The molecule has 2 unspecified atom stereocenters. The van der Waals surface area contributed by atoms with Gasteiger partial charge in [-0.1, -0.05) is 6.92 Å². The molecule has 3 fully saturated rings. The Balaban J connectivity index is 1.44. The lowest BCUT2D eigenvalue weighted by Gasteiger charge is -2.38.